The highest BCUT2D eigenvalue weighted by Gasteiger charge is 2.40. The number of carboxylic acids is 1. The maximum atomic E-state index is 13.0. The van der Waals surface area contributed by atoms with Gasteiger partial charge in [-0.25, -0.2) is 4.39 Å². The SMILES string of the molecule is O=C(O)CC(c1ccc(F)cc1C(F)(F)F)C1CC1. The van der Waals surface area contributed by atoms with E-state index in [2.05, 4.69) is 0 Å². The molecule has 0 saturated heterocycles. The maximum Gasteiger partial charge on any atom is 0.416 e. The number of aliphatic carboxylic acids is 1. The molecule has 104 valence electrons. The first-order valence-electron chi connectivity index (χ1n) is 5.87. The van der Waals surface area contributed by atoms with Gasteiger partial charge >= 0.3 is 12.1 Å². The normalized spacial score (nSPS) is 17.3. The molecule has 0 amide bonds. The first kappa shape index (κ1) is 13.8. The average Bonchev–Trinajstić information content (AvgIpc) is 3.08. The van der Waals surface area contributed by atoms with E-state index in [1.54, 1.807) is 0 Å². The van der Waals surface area contributed by atoms with Gasteiger partial charge in [-0.05, 0) is 42.4 Å². The first-order chi connectivity index (χ1) is 8.79. The second-order valence-corrected chi connectivity index (χ2v) is 4.77. The molecule has 1 N–H and O–H groups in total. The molecule has 1 aliphatic rings. The van der Waals surface area contributed by atoms with E-state index in [9.17, 15) is 22.4 Å². The Labute approximate surface area is 107 Å². The smallest absolute Gasteiger partial charge is 0.416 e. The maximum absolute atomic E-state index is 13.0. The number of halogens is 4. The second-order valence-electron chi connectivity index (χ2n) is 4.77. The molecular formula is C13H12F4O2. The van der Waals surface area contributed by atoms with E-state index in [1.807, 2.05) is 0 Å². The summed E-state index contributed by atoms with van der Waals surface area (Å²) >= 11 is 0. The van der Waals surface area contributed by atoms with Crippen LogP contribution >= 0.6 is 0 Å². The van der Waals surface area contributed by atoms with Crippen molar-refractivity contribution in [2.75, 3.05) is 0 Å². The fraction of sp³-hybridized carbons (Fsp3) is 0.462. The minimum atomic E-state index is -4.68. The Morgan fingerprint density at radius 1 is 1.37 bits per heavy atom. The summed E-state index contributed by atoms with van der Waals surface area (Å²) in [7, 11) is 0. The molecule has 0 aromatic heterocycles. The van der Waals surface area contributed by atoms with E-state index < -0.39 is 29.4 Å². The summed E-state index contributed by atoms with van der Waals surface area (Å²) in [6, 6.07) is 2.44. The van der Waals surface area contributed by atoms with E-state index in [0.717, 1.165) is 12.1 Å². The monoisotopic (exact) mass is 276 g/mol. The van der Waals surface area contributed by atoms with Crippen LogP contribution in [0.2, 0.25) is 0 Å². The number of carbonyl (C=O) groups is 1. The lowest BCUT2D eigenvalue weighted by Gasteiger charge is -2.20. The Morgan fingerprint density at radius 3 is 2.47 bits per heavy atom. The predicted octanol–water partition coefficient (Wildman–Crippen LogP) is 3.81. The summed E-state index contributed by atoms with van der Waals surface area (Å²) in [6.45, 7) is 0. The number of hydrogen-bond acceptors (Lipinski definition) is 1. The van der Waals surface area contributed by atoms with Crippen molar-refractivity contribution in [2.24, 2.45) is 5.92 Å². The van der Waals surface area contributed by atoms with Crippen LogP contribution < -0.4 is 0 Å². The molecule has 0 aliphatic heterocycles. The van der Waals surface area contributed by atoms with Crippen LogP contribution in [0.5, 0.6) is 0 Å². The third-order valence-electron chi connectivity index (χ3n) is 3.31. The van der Waals surface area contributed by atoms with Gasteiger partial charge in [-0.1, -0.05) is 6.07 Å². The van der Waals surface area contributed by atoms with Gasteiger partial charge in [-0.3, -0.25) is 4.79 Å². The van der Waals surface area contributed by atoms with Crippen molar-refractivity contribution in [2.45, 2.75) is 31.4 Å². The average molecular weight is 276 g/mol. The minimum Gasteiger partial charge on any atom is -0.481 e. The molecule has 6 heteroatoms. The van der Waals surface area contributed by atoms with Crippen molar-refractivity contribution in [1.29, 1.82) is 0 Å². The number of carboxylic acid groups (broad SMARTS) is 1. The highest BCUT2D eigenvalue weighted by Crippen LogP contribution is 2.47. The van der Waals surface area contributed by atoms with Crippen molar-refractivity contribution in [1.82, 2.24) is 0 Å². The molecule has 1 atom stereocenters. The lowest BCUT2D eigenvalue weighted by atomic mass is 9.87. The molecule has 1 aliphatic carbocycles. The third-order valence-corrected chi connectivity index (χ3v) is 3.31. The fourth-order valence-electron chi connectivity index (χ4n) is 2.31. The van der Waals surface area contributed by atoms with E-state index in [-0.39, 0.29) is 17.9 Å². The van der Waals surface area contributed by atoms with E-state index >= 15 is 0 Å². The Kier molecular flexibility index (Phi) is 3.52. The van der Waals surface area contributed by atoms with Gasteiger partial charge < -0.3 is 5.11 Å². The van der Waals surface area contributed by atoms with E-state index in [0.29, 0.717) is 18.9 Å². The van der Waals surface area contributed by atoms with Crippen LogP contribution in [0.25, 0.3) is 0 Å². The molecule has 1 unspecified atom stereocenters. The summed E-state index contributed by atoms with van der Waals surface area (Å²) in [5.74, 6) is -2.87. The zero-order valence-electron chi connectivity index (χ0n) is 9.88. The lowest BCUT2D eigenvalue weighted by Crippen LogP contribution is -2.16. The fourth-order valence-corrected chi connectivity index (χ4v) is 2.31. The number of rotatable bonds is 4. The summed E-state index contributed by atoms with van der Waals surface area (Å²) in [4.78, 5) is 10.8. The van der Waals surface area contributed by atoms with E-state index in [1.165, 1.54) is 0 Å². The zero-order chi connectivity index (χ0) is 14.2. The van der Waals surface area contributed by atoms with Gasteiger partial charge in [-0.2, -0.15) is 13.2 Å². The summed E-state index contributed by atoms with van der Waals surface area (Å²) < 4.78 is 51.7. The molecule has 0 bridgehead atoms. The zero-order valence-corrected chi connectivity index (χ0v) is 9.88. The molecule has 1 saturated carbocycles. The highest BCUT2D eigenvalue weighted by atomic mass is 19.4. The Balaban J connectivity index is 2.44. The molecule has 2 nitrogen and oxygen atoms in total. The van der Waals surface area contributed by atoms with Crippen LogP contribution in [0, 0.1) is 11.7 Å². The molecular weight excluding hydrogens is 264 g/mol. The predicted molar refractivity (Wildman–Crippen MR) is 59.1 cm³/mol. The number of alkyl halides is 3. The van der Waals surface area contributed by atoms with Gasteiger partial charge in [0.1, 0.15) is 5.82 Å². The standard InChI is InChI=1S/C13H12F4O2/c14-8-3-4-9(11(5-8)13(15,16)17)10(6-12(18)19)7-1-2-7/h3-5,7,10H,1-2,6H2,(H,18,19). The second kappa shape index (κ2) is 4.83. The first-order valence-corrected chi connectivity index (χ1v) is 5.87. The van der Waals surface area contributed by atoms with Crippen LogP contribution in [0.3, 0.4) is 0 Å². The largest absolute Gasteiger partial charge is 0.481 e. The molecule has 1 aromatic rings. The van der Waals surface area contributed by atoms with Gasteiger partial charge in [0.25, 0.3) is 0 Å². The molecule has 0 spiro atoms. The van der Waals surface area contributed by atoms with E-state index in [4.69, 9.17) is 5.11 Å². The number of hydrogen-bond donors (Lipinski definition) is 1. The Bertz CT molecular complexity index is 492. The van der Waals surface area contributed by atoms with Gasteiger partial charge in [0, 0.05) is 0 Å². The van der Waals surface area contributed by atoms with Crippen LogP contribution in [-0.4, -0.2) is 11.1 Å². The van der Waals surface area contributed by atoms with Crippen molar-refractivity contribution in [3.8, 4) is 0 Å². The highest BCUT2D eigenvalue weighted by molar-refractivity contribution is 5.68. The number of benzene rings is 1. The van der Waals surface area contributed by atoms with Crippen LogP contribution in [0.15, 0.2) is 18.2 Å². The topological polar surface area (TPSA) is 37.3 Å². The van der Waals surface area contributed by atoms with Crippen molar-refractivity contribution >= 4 is 5.97 Å². The summed E-state index contributed by atoms with van der Waals surface area (Å²) in [6.07, 6.45) is -3.61. The van der Waals surface area contributed by atoms with Gasteiger partial charge in [0.05, 0.1) is 12.0 Å². The molecule has 0 radical (unpaired) electrons. The molecule has 0 heterocycles. The molecule has 2 rings (SSSR count). The molecule has 19 heavy (non-hydrogen) atoms. The van der Waals surface area contributed by atoms with Crippen molar-refractivity contribution < 1.29 is 27.5 Å². The lowest BCUT2D eigenvalue weighted by molar-refractivity contribution is -0.141. The van der Waals surface area contributed by atoms with Crippen LogP contribution in [0.1, 0.15) is 36.3 Å². The molecule has 1 aromatic carbocycles. The van der Waals surface area contributed by atoms with Crippen LogP contribution in [0.4, 0.5) is 17.6 Å². The minimum absolute atomic E-state index is 0.0531. The Hall–Kier alpha value is -1.59. The molecule has 1 fully saturated rings. The summed E-state index contributed by atoms with van der Waals surface area (Å²) in [5.41, 5.74) is -1.18. The van der Waals surface area contributed by atoms with Gasteiger partial charge in [0.15, 0.2) is 0 Å². The Morgan fingerprint density at radius 2 is 2.00 bits per heavy atom. The van der Waals surface area contributed by atoms with Gasteiger partial charge in [0.2, 0.25) is 0 Å². The summed E-state index contributed by atoms with van der Waals surface area (Å²) in [5, 5.41) is 8.81. The van der Waals surface area contributed by atoms with Crippen LogP contribution in [-0.2, 0) is 11.0 Å². The van der Waals surface area contributed by atoms with Crippen molar-refractivity contribution in [3.63, 3.8) is 0 Å². The van der Waals surface area contributed by atoms with Gasteiger partial charge in [-0.15, -0.1) is 0 Å². The quantitative estimate of drug-likeness (QED) is 0.849. The van der Waals surface area contributed by atoms with Crippen molar-refractivity contribution in [3.05, 3.63) is 35.1 Å². The third kappa shape index (κ3) is 3.24.